The van der Waals surface area contributed by atoms with Gasteiger partial charge in [0, 0.05) is 24.0 Å². The molecule has 0 heterocycles. The number of hydrogen-bond donors (Lipinski definition) is 3. The summed E-state index contributed by atoms with van der Waals surface area (Å²) in [7, 11) is 2.94. The first kappa shape index (κ1) is 20.2. The van der Waals surface area contributed by atoms with Crippen molar-refractivity contribution in [1.82, 2.24) is 0 Å². The molecule has 1 amide bonds. The normalized spacial score (nSPS) is 10.7. The van der Waals surface area contributed by atoms with Crippen LogP contribution in [0.25, 0.3) is 0 Å². The topological polar surface area (TPSA) is 109 Å². The van der Waals surface area contributed by atoms with Crippen LogP contribution in [0.1, 0.15) is 0 Å². The number of carbonyl (C=O) groups excluding carboxylic acids is 1. The van der Waals surface area contributed by atoms with Crippen molar-refractivity contribution in [3.63, 3.8) is 0 Å². The molecule has 0 spiro atoms. The van der Waals surface area contributed by atoms with Gasteiger partial charge in [0.25, 0.3) is 5.91 Å². The standard InChI is InChI=1S/C18H16Cl2N4O3/c1-26-16-7-15(17(27-2)6-13(16)20)23-9-10(8-21)18(25)24-11-3-4-14(22)12(19)5-11/h3-7,9,23H,22H2,1-2H3,(H,24,25)/b10-9-. The van der Waals surface area contributed by atoms with Gasteiger partial charge in [-0.05, 0) is 18.2 Å². The number of ether oxygens (including phenoxy) is 2. The molecule has 2 aromatic rings. The van der Waals surface area contributed by atoms with Crippen LogP contribution in [-0.4, -0.2) is 20.1 Å². The fraction of sp³-hybridized carbons (Fsp3) is 0.111. The number of nitrogen functional groups attached to an aromatic ring is 1. The molecule has 0 saturated carbocycles. The Morgan fingerprint density at radius 2 is 1.85 bits per heavy atom. The van der Waals surface area contributed by atoms with E-state index in [1.807, 2.05) is 6.07 Å². The minimum Gasteiger partial charge on any atom is -0.495 e. The second-order valence-electron chi connectivity index (χ2n) is 5.19. The first-order valence-electron chi connectivity index (χ1n) is 7.54. The summed E-state index contributed by atoms with van der Waals surface area (Å²) in [4.78, 5) is 12.3. The number of anilines is 3. The monoisotopic (exact) mass is 406 g/mol. The average Bonchev–Trinajstić information content (AvgIpc) is 2.65. The SMILES string of the molecule is COc1cc(N/C=C(/C#N)C(=O)Nc2ccc(N)c(Cl)c2)c(OC)cc1Cl. The van der Waals surface area contributed by atoms with Crippen LogP contribution in [0.2, 0.25) is 10.0 Å². The second kappa shape index (κ2) is 9.03. The van der Waals surface area contributed by atoms with Crippen molar-refractivity contribution in [2.75, 3.05) is 30.6 Å². The first-order chi connectivity index (χ1) is 12.9. The van der Waals surface area contributed by atoms with Crippen LogP contribution in [0.3, 0.4) is 0 Å². The van der Waals surface area contributed by atoms with Gasteiger partial charge in [-0.15, -0.1) is 0 Å². The van der Waals surface area contributed by atoms with E-state index in [-0.39, 0.29) is 5.57 Å². The molecule has 2 rings (SSSR count). The van der Waals surface area contributed by atoms with E-state index >= 15 is 0 Å². The van der Waals surface area contributed by atoms with Gasteiger partial charge in [-0.1, -0.05) is 23.2 Å². The number of nitrogens with one attached hydrogen (secondary N) is 2. The number of hydrogen-bond acceptors (Lipinski definition) is 6. The molecule has 0 saturated heterocycles. The number of nitrogens with two attached hydrogens (primary N) is 1. The zero-order valence-corrected chi connectivity index (χ0v) is 16.0. The summed E-state index contributed by atoms with van der Waals surface area (Å²) in [6.45, 7) is 0. The van der Waals surface area contributed by atoms with Crippen LogP contribution in [0.4, 0.5) is 17.1 Å². The third-order valence-electron chi connectivity index (χ3n) is 3.47. The van der Waals surface area contributed by atoms with Crippen LogP contribution in [0.15, 0.2) is 42.1 Å². The molecule has 0 unspecified atom stereocenters. The summed E-state index contributed by atoms with van der Waals surface area (Å²) < 4.78 is 10.4. The number of nitrogens with zero attached hydrogens (tertiary/aromatic N) is 1. The second-order valence-corrected chi connectivity index (χ2v) is 6.01. The van der Waals surface area contributed by atoms with Gasteiger partial charge in [-0.3, -0.25) is 4.79 Å². The molecule has 2 aromatic carbocycles. The maximum absolute atomic E-state index is 12.3. The fourth-order valence-electron chi connectivity index (χ4n) is 2.08. The number of carbonyl (C=O) groups is 1. The lowest BCUT2D eigenvalue weighted by Crippen LogP contribution is -2.14. The summed E-state index contributed by atoms with van der Waals surface area (Å²) in [6, 6.07) is 9.59. The molecular formula is C18H16Cl2N4O3. The zero-order chi connectivity index (χ0) is 20.0. The molecule has 0 fully saturated rings. The van der Waals surface area contributed by atoms with Crippen molar-refractivity contribution in [3.8, 4) is 17.6 Å². The Morgan fingerprint density at radius 1 is 1.15 bits per heavy atom. The molecule has 4 N–H and O–H groups in total. The molecule has 0 atom stereocenters. The Bertz CT molecular complexity index is 939. The third-order valence-corrected chi connectivity index (χ3v) is 4.09. The molecule has 0 bridgehead atoms. The van der Waals surface area contributed by atoms with Crippen LogP contribution >= 0.6 is 23.2 Å². The van der Waals surface area contributed by atoms with E-state index in [0.717, 1.165) is 0 Å². The van der Waals surface area contributed by atoms with E-state index in [2.05, 4.69) is 10.6 Å². The quantitative estimate of drug-likeness (QED) is 0.379. The molecular weight excluding hydrogens is 391 g/mol. The van der Waals surface area contributed by atoms with E-state index in [4.69, 9.17) is 38.4 Å². The lowest BCUT2D eigenvalue weighted by atomic mass is 10.2. The summed E-state index contributed by atoms with van der Waals surface area (Å²) in [5, 5.41) is 15.4. The van der Waals surface area contributed by atoms with E-state index < -0.39 is 5.91 Å². The van der Waals surface area contributed by atoms with Gasteiger partial charge in [0.2, 0.25) is 0 Å². The maximum atomic E-state index is 12.3. The molecule has 0 aliphatic carbocycles. The molecule has 7 nitrogen and oxygen atoms in total. The number of nitriles is 1. The van der Waals surface area contributed by atoms with Crippen molar-refractivity contribution >= 4 is 46.2 Å². The van der Waals surface area contributed by atoms with Gasteiger partial charge >= 0.3 is 0 Å². The number of amides is 1. The van der Waals surface area contributed by atoms with Crippen LogP contribution in [-0.2, 0) is 4.79 Å². The predicted octanol–water partition coefficient (Wildman–Crippen LogP) is 4.05. The molecule has 0 radical (unpaired) electrons. The highest BCUT2D eigenvalue weighted by Crippen LogP contribution is 2.36. The Labute approximate surface area is 166 Å². The summed E-state index contributed by atoms with van der Waals surface area (Å²) in [5.41, 5.74) is 6.72. The molecule has 27 heavy (non-hydrogen) atoms. The highest BCUT2D eigenvalue weighted by molar-refractivity contribution is 6.33. The summed E-state index contributed by atoms with van der Waals surface area (Å²) in [5.74, 6) is 0.207. The van der Waals surface area contributed by atoms with E-state index in [0.29, 0.717) is 38.6 Å². The minimum atomic E-state index is -0.620. The van der Waals surface area contributed by atoms with E-state index in [9.17, 15) is 10.1 Å². The van der Waals surface area contributed by atoms with E-state index in [1.54, 1.807) is 24.3 Å². The van der Waals surface area contributed by atoms with Crippen LogP contribution in [0, 0.1) is 11.3 Å². The van der Waals surface area contributed by atoms with Crippen LogP contribution < -0.4 is 25.8 Å². The largest absolute Gasteiger partial charge is 0.495 e. The Hall–Kier alpha value is -3.08. The predicted molar refractivity (Wildman–Crippen MR) is 106 cm³/mol. The molecule has 9 heteroatoms. The Balaban J connectivity index is 2.22. The van der Waals surface area contributed by atoms with E-state index in [1.165, 1.54) is 26.5 Å². The average molecular weight is 407 g/mol. The number of methoxy groups -OCH3 is 2. The highest BCUT2D eigenvalue weighted by Gasteiger charge is 2.13. The Kier molecular flexibility index (Phi) is 6.77. The lowest BCUT2D eigenvalue weighted by molar-refractivity contribution is -0.112. The maximum Gasteiger partial charge on any atom is 0.267 e. The third kappa shape index (κ3) is 4.97. The molecule has 0 aliphatic rings. The number of rotatable bonds is 6. The summed E-state index contributed by atoms with van der Waals surface area (Å²) in [6.07, 6.45) is 1.25. The molecule has 0 aromatic heterocycles. The number of halogens is 2. The van der Waals surface area contributed by atoms with Gasteiger partial charge in [-0.25, -0.2) is 0 Å². The number of benzene rings is 2. The Morgan fingerprint density at radius 3 is 2.44 bits per heavy atom. The first-order valence-corrected chi connectivity index (χ1v) is 8.30. The summed E-state index contributed by atoms with van der Waals surface area (Å²) >= 11 is 12.0. The highest BCUT2D eigenvalue weighted by atomic mass is 35.5. The van der Waals surface area contributed by atoms with Gasteiger partial charge < -0.3 is 25.8 Å². The molecule has 140 valence electrons. The van der Waals surface area contributed by atoms with Crippen molar-refractivity contribution in [2.45, 2.75) is 0 Å². The van der Waals surface area contributed by atoms with Crippen LogP contribution in [0.5, 0.6) is 11.5 Å². The van der Waals surface area contributed by atoms with Crippen molar-refractivity contribution in [3.05, 3.63) is 52.2 Å². The van der Waals surface area contributed by atoms with Gasteiger partial charge in [-0.2, -0.15) is 5.26 Å². The van der Waals surface area contributed by atoms with Crippen molar-refractivity contribution < 1.29 is 14.3 Å². The fourth-order valence-corrected chi connectivity index (χ4v) is 2.49. The van der Waals surface area contributed by atoms with Gasteiger partial charge in [0.15, 0.2) is 0 Å². The van der Waals surface area contributed by atoms with Crippen molar-refractivity contribution in [2.24, 2.45) is 0 Å². The van der Waals surface area contributed by atoms with Gasteiger partial charge in [0.05, 0.1) is 35.6 Å². The smallest absolute Gasteiger partial charge is 0.267 e. The zero-order valence-electron chi connectivity index (χ0n) is 14.5. The molecule has 0 aliphatic heterocycles. The van der Waals surface area contributed by atoms with Gasteiger partial charge in [0.1, 0.15) is 23.1 Å². The van der Waals surface area contributed by atoms with Crippen molar-refractivity contribution in [1.29, 1.82) is 5.26 Å². The lowest BCUT2D eigenvalue weighted by Gasteiger charge is -2.12. The minimum absolute atomic E-state index is 0.168.